The molecule has 14 heteroatoms. The number of carbonyl (C=O) groups excluding carboxylic acids is 5. The molecule has 322 valence electrons. The fourth-order valence-electron chi connectivity index (χ4n) is 7.46. The molecule has 0 bridgehead atoms. The minimum Gasteiger partial charge on any atom is -0.464 e. The smallest absolute Gasteiger partial charge is 0.323 e. The van der Waals surface area contributed by atoms with Gasteiger partial charge in [0.15, 0.2) is 0 Å². The summed E-state index contributed by atoms with van der Waals surface area (Å²) in [4.78, 5) is 69.1. The maximum absolute atomic E-state index is 14.2. The lowest BCUT2D eigenvalue weighted by Gasteiger charge is -2.41. The predicted octanol–water partition coefficient (Wildman–Crippen LogP) is 3.57. The van der Waals surface area contributed by atoms with Gasteiger partial charge in [-0.2, -0.15) is 0 Å². The molecule has 0 radical (unpaired) electrons. The van der Waals surface area contributed by atoms with Gasteiger partial charge in [-0.25, -0.2) is 0 Å². The number of esters is 1. The number of rotatable bonds is 25. The molecule has 0 aromatic heterocycles. The number of hydrogen-bond acceptors (Lipinski definition) is 10. The van der Waals surface area contributed by atoms with E-state index in [2.05, 4.69) is 40.8 Å². The van der Waals surface area contributed by atoms with Crippen molar-refractivity contribution in [1.29, 1.82) is 0 Å². The van der Waals surface area contributed by atoms with Crippen molar-refractivity contribution in [3.05, 3.63) is 47.7 Å². The average molecular weight is 801 g/mol. The number of likely N-dealkylation sites (N-methyl/N-ethyl adjacent to an activating group) is 1. The van der Waals surface area contributed by atoms with E-state index in [4.69, 9.17) is 19.9 Å². The summed E-state index contributed by atoms with van der Waals surface area (Å²) in [6, 6.07) is 7.28. The first-order valence-corrected chi connectivity index (χ1v) is 20.5. The van der Waals surface area contributed by atoms with Gasteiger partial charge < -0.3 is 45.7 Å². The van der Waals surface area contributed by atoms with Crippen LogP contribution in [0.25, 0.3) is 0 Å². The Balaban J connectivity index is 2.19. The summed E-state index contributed by atoms with van der Waals surface area (Å²) in [6.07, 6.45) is 5.52. The second-order valence-corrected chi connectivity index (χ2v) is 16.3. The van der Waals surface area contributed by atoms with Crippen LogP contribution in [0.4, 0.5) is 0 Å². The van der Waals surface area contributed by atoms with Crippen LogP contribution in [-0.2, 0) is 44.6 Å². The zero-order chi connectivity index (χ0) is 42.7. The molecule has 2 rings (SSSR count). The number of nitrogens with one attached hydrogen (secondary N) is 3. The zero-order valence-electron chi connectivity index (χ0n) is 36.2. The van der Waals surface area contributed by atoms with Crippen molar-refractivity contribution in [2.45, 2.75) is 130 Å². The van der Waals surface area contributed by atoms with Crippen molar-refractivity contribution < 1.29 is 38.2 Å². The van der Waals surface area contributed by atoms with Gasteiger partial charge in [0.25, 0.3) is 0 Å². The Morgan fingerprint density at radius 3 is 2.32 bits per heavy atom. The summed E-state index contributed by atoms with van der Waals surface area (Å²) in [6.45, 7) is 14.9. The fourth-order valence-corrected chi connectivity index (χ4v) is 7.46. The third-order valence-electron chi connectivity index (χ3n) is 11.1. The molecule has 4 amide bonds. The van der Waals surface area contributed by atoms with Crippen LogP contribution < -0.4 is 21.7 Å². The largest absolute Gasteiger partial charge is 0.464 e. The van der Waals surface area contributed by atoms with Crippen LogP contribution in [0.1, 0.15) is 92.6 Å². The molecule has 1 aliphatic heterocycles. The lowest BCUT2D eigenvalue weighted by atomic mass is 9.87. The van der Waals surface area contributed by atoms with Crippen LogP contribution in [0.5, 0.6) is 0 Å². The highest BCUT2D eigenvalue weighted by molar-refractivity contribution is 5.89. The number of nitrogens with zero attached hydrogens (tertiary/aromatic N) is 2. The van der Waals surface area contributed by atoms with Crippen LogP contribution in [0.3, 0.4) is 0 Å². The van der Waals surface area contributed by atoms with Crippen LogP contribution in [0, 0.1) is 17.3 Å². The molecule has 0 saturated carbocycles. The SMILES string of the molecule is CC/C=C(\CNC=O)N(C)C(C(C)CC)C(CC(=O)N1CCCC1C(OC)C(C)C(=O)N[C@@H](Cc1ccccc1)C(=O)NCCCOC(=O)C(N)C(C)(C)C)OC. The molecule has 1 aromatic rings. The van der Waals surface area contributed by atoms with Gasteiger partial charge in [0.2, 0.25) is 24.1 Å². The summed E-state index contributed by atoms with van der Waals surface area (Å²) in [5.41, 5.74) is 7.38. The first-order valence-electron chi connectivity index (χ1n) is 20.5. The van der Waals surface area contributed by atoms with E-state index < -0.39 is 41.6 Å². The molecule has 5 N–H and O–H groups in total. The van der Waals surface area contributed by atoms with E-state index in [0.29, 0.717) is 32.3 Å². The van der Waals surface area contributed by atoms with Crippen molar-refractivity contribution in [3.8, 4) is 0 Å². The average Bonchev–Trinajstić information content (AvgIpc) is 3.68. The third kappa shape index (κ3) is 15.0. The van der Waals surface area contributed by atoms with E-state index in [1.165, 1.54) is 0 Å². The van der Waals surface area contributed by atoms with Crippen molar-refractivity contribution >= 4 is 30.1 Å². The fraction of sp³-hybridized carbons (Fsp3) is 0.698. The molecule has 14 nitrogen and oxygen atoms in total. The molecule has 57 heavy (non-hydrogen) atoms. The maximum Gasteiger partial charge on any atom is 0.323 e. The van der Waals surface area contributed by atoms with Crippen molar-refractivity contribution in [2.75, 3.05) is 47.5 Å². The van der Waals surface area contributed by atoms with Gasteiger partial charge >= 0.3 is 5.97 Å². The number of hydrogen-bond donors (Lipinski definition) is 4. The maximum atomic E-state index is 14.2. The standard InChI is InChI=1S/C43H72N6O8/c1-11-18-32(27-45-28-50)48(8)37(29(3)12-2)35(55-9)26-36(51)49-23-16-21-34(49)38(56-10)30(4)40(52)47-33(25-31-19-14-13-15-20-31)41(53)46-22-17-24-57-42(54)39(44)43(5,6)7/h13-15,18-20,28-30,33-35,37-39H,11-12,16-17,21-27,44H2,1-10H3,(H,45,50)(H,46,53)(H,47,52)/b32-18+/t29?,30?,33-,34?,35?,37?,38?,39?/m0/s1. The molecule has 1 fully saturated rings. The molecule has 8 atom stereocenters. The monoisotopic (exact) mass is 801 g/mol. The summed E-state index contributed by atoms with van der Waals surface area (Å²) in [5, 5.41) is 8.62. The molecule has 1 aliphatic rings. The number of methoxy groups -OCH3 is 2. The van der Waals surface area contributed by atoms with Gasteiger partial charge in [0.05, 0.1) is 49.8 Å². The number of nitrogens with two attached hydrogens (primary N) is 1. The first-order chi connectivity index (χ1) is 27.0. The van der Waals surface area contributed by atoms with Crippen LogP contribution in [0.2, 0.25) is 0 Å². The molecule has 0 aliphatic carbocycles. The molecule has 1 saturated heterocycles. The van der Waals surface area contributed by atoms with Crippen molar-refractivity contribution in [2.24, 2.45) is 23.0 Å². The third-order valence-corrected chi connectivity index (χ3v) is 11.1. The highest BCUT2D eigenvalue weighted by Crippen LogP contribution is 2.30. The molecular formula is C43H72N6O8. The Morgan fingerprint density at radius 2 is 1.74 bits per heavy atom. The van der Waals surface area contributed by atoms with Crippen LogP contribution in [-0.4, -0.2) is 124 Å². The van der Waals surface area contributed by atoms with Gasteiger partial charge in [-0.05, 0) is 42.6 Å². The van der Waals surface area contributed by atoms with Crippen molar-refractivity contribution in [3.63, 3.8) is 0 Å². The molecular weight excluding hydrogens is 729 g/mol. The Kier molecular flexibility index (Phi) is 21.3. The van der Waals surface area contributed by atoms with Gasteiger partial charge in [-0.3, -0.25) is 24.0 Å². The lowest BCUT2D eigenvalue weighted by molar-refractivity contribution is -0.148. The van der Waals surface area contributed by atoms with Gasteiger partial charge in [-0.1, -0.05) is 91.3 Å². The second kappa shape index (κ2) is 24.7. The number of amides is 4. The molecule has 1 aromatic carbocycles. The van der Waals surface area contributed by atoms with Gasteiger partial charge in [-0.15, -0.1) is 0 Å². The molecule has 7 unspecified atom stereocenters. The summed E-state index contributed by atoms with van der Waals surface area (Å²) in [7, 11) is 5.15. The van der Waals surface area contributed by atoms with E-state index >= 15 is 0 Å². The second-order valence-electron chi connectivity index (χ2n) is 16.3. The number of allylic oxidation sites excluding steroid dienone is 1. The Morgan fingerprint density at radius 1 is 1.05 bits per heavy atom. The highest BCUT2D eigenvalue weighted by Gasteiger charge is 2.42. The minimum atomic E-state index is -0.886. The lowest BCUT2D eigenvalue weighted by Crippen LogP contribution is -2.54. The van der Waals surface area contributed by atoms with E-state index in [9.17, 15) is 24.0 Å². The Bertz CT molecular complexity index is 1440. The van der Waals surface area contributed by atoms with E-state index in [-0.39, 0.29) is 61.7 Å². The number of likely N-dealkylation sites (tertiary alicyclic amines) is 1. The van der Waals surface area contributed by atoms with Crippen molar-refractivity contribution in [1.82, 2.24) is 25.8 Å². The molecule has 0 spiro atoms. The topological polar surface area (TPSA) is 182 Å². The number of carbonyl (C=O) groups is 5. The van der Waals surface area contributed by atoms with E-state index in [1.807, 2.05) is 70.0 Å². The van der Waals surface area contributed by atoms with E-state index in [0.717, 1.165) is 30.5 Å². The Hall–Kier alpha value is -4.01. The van der Waals surface area contributed by atoms with Gasteiger partial charge in [0.1, 0.15) is 12.1 Å². The quantitative estimate of drug-likeness (QED) is 0.0649. The highest BCUT2D eigenvalue weighted by atomic mass is 16.5. The number of benzene rings is 1. The summed E-state index contributed by atoms with van der Waals surface area (Å²) in [5.74, 6) is -1.84. The minimum absolute atomic E-state index is 0.0832. The van der Waals surface area contributed by atoms with Crippen LogP contribution >= 0.6 is 0 Å². The first kappa shape index (κ1) is 49.1. The zero-order valence-corrected chi connectivity index (χ0v) is 36.2. The predicted molar refractivity (Wildman–Crippen MR) is 222 cm³/mol. The van der Waals surface area contributed by atoms with Gasteiger partial charge in [0, 0.05) is 46.5 Å². The van der Waals surface area contributed by atoms with Crippen LogP contribution in [0.15, 0.2) is 42.1 Å². The van der Waals surface area contributed by atoms with E-state index in [1.54, 1.807) is 21.1 Å². The molecule has 1 heterocycles. The summed E-state index contributed by atoms with van der Waals surface area (Å²) >= 11 is 0. The number of ether oxygens (including phenoxy) is 3. The Labute approximate surface area is 341 Å². The summed E-state index contributed by atoms with van der Waals surface area (Å²) < 4.78 is 17.4. The normalized spacial score (nSPS) is 18.3.